The van der Waals surface area contributed by atoms with Gasteiger partial charge in [0.15, 0.2) is 28.7 Å². The summed E-state index contributed by atoms with van der Waals surface area (Å²) in [6, 6.07) is 6.06. The fourth-order valence-corrected chi connectivity index (χ4v) is 4.26. The van der Waals surface area contributed by atoms with E-state index < -0.39 is 52.6 Å². The minimum absolute atomic E-state index is 0.0189. The number of rotatable bonds is 4. The predicted octanol–water partition coefficient (Wildman–Crippen LogP) is 2.09. The van der Waals surface area contributed by atoms with Crippen LogP contribution in [0.15, 0.2) is 42.5 Å². The highest BCUT2D eigenvalue weighted by Crippen LogP contribution is 2.57. The molecule has 184 valence electrons. The third-order valence-electron chi connectivity index (χ3n) is 6.00. The Bertz CT molecular complexity index is 1430. The van der Waals surface area contributed by atoms with Gasteiger partial charge in [-0.3, -0.25) is 9.59 Å². The van der Waals surface area contributed by atoms with Gasteiger partial charge in [0, 0.05) is 29.8 Å². The molecule has 0 fully saturated rings. The third kappa shape index (κ3) is 3.30. The number of phenolic OH excluding ortho intramolecular Hbond substituents is 2. The topological polar surface area (TPSA) is 168 Å². The van der Waals surface area contributed by atoms with E-state index in [1.54, 1.807) is 0 Å². The Labute approximate surface area is 200 Å². The molecular formula is C24H16F2N2O8. The molecule has 0 unspecified atom stereocenters. The number of hydrogen-bond acceptors (Lipinski definition) is 8. The number of aromatic hydroxyl groups is 2. The summed E-state index contributed by atoms with van der Waals surface area (Å²) in [5.74, 6) is -6.92. The quantitative estimate of drug-likeness (QED) is 0.338. The Morgan fingerprint density at radius 1 is 0.972 bits per heavy atom. The lowest BCUT2D eigenvalue weighted by Gasteiger charge is -2.36. The first-order valence-electron chi connectivity index (χ1n) is 10.4. The number of halogens is 2. The van der Waals surface area contributed by atoms with Crippen LogP contribution in [0.3, 0.4) is 0 Å². The monoisotopic (exact) mass is 498 g/mol. The zero-order valence-corrected chi connectivity index (χ0v) is 18.0. The number of amides is 1. The number of nitrogens with one attached hydrogen (secondary N) is 1. The van der Waals surface area contributed by atoms with Crippen LogP contribution in [0.1, 0.15) is 37.4 Å². The Morgan fingerprint density at radius 2 is 1.56 bits per heavy atom. The first-order chi connectivity index (χ1) is 17.0. The van der Waals surface area contributed by atoms with Crippen molar-refractivity contribution >= 4 is 17.8 Å². The van der Waals surface area contributed by atoms with Crippen molar-refractivity contribution in [2.24, 2.45) is 5.73 Å². The lowest BCUT2D eigenvalue weighted by molar-refractivity contribution is -0.138. The Morgan fingerprint density at radius 3 is 2.11 bits per heavy atom. The van der Waals surface area contributed by atoms with Crippen molar-refractivity contribution in [3.63, 3.8) is 0 Å². The molecule has 36 heavy (non-hydrogen) atoms. The number of carboxylic acid groups (broad SMARTS) is 1. The molecule has 1 spiro atoms. The van der Waals surface area contributed by atoms with Gasteiger partial charge in [-0.15, -0.1) is 0 Å². The average Bonchev–Trinajstić information content (AvgIpc) is 3.12. The van der Waals surface area contributed by atoms with Crippen LogP contribution in [0.25, 0.3) is 0 Å². The number of esters is 1. The summed E-state index contributed by atoms with van der Waals surface area (Å²) in [5.41, 5.74) is 3.18. The molecule has 1 amide bonds. The minimum atomic E-state index is -2.01. The van der Waals surface area contributed by atoms with Gasteiger partial charge in [-0.2, -0.15) is 0 Å². The number of hydrogen-bond donors (Lipinski definition) is 5. The maximum absolute atomic E-state index is 14.5. The highest BCUT2D eigenvalue weighted by atomic mass is 19.1. The van der Waals surface area contributed by atoms with Gasteiger partial charge < -0.3 is 35.8 Å². The van der Waals surface area contributed by atoms with Crippen molar-refractivity contribution in [3.8, 4) is 23.0 Å². The Hall–Kier alpha value is -4.71. The van der Waals surface area contributed by atoms with Crippen LogP contribution < -0.4 is 15.8 Å². The first-order valence-corrected chi connectivity index (χ1v) is 10.4. The fraction of sp³-hybridized carbons (Fsp3) is 0.125. The Kier molecular flexibility index (Phi) is 5.07. The molecule has 2 heterocycles. The summed E-state index contributed by atoms with van der Waals surface area (Å²) < 4.78 is 40.4. The van der Waals surface area contributed by atoms with Crippen molar-refractivity contribution in [1.29, 1.82) is 0 Å². The van der Waals surface area contributed by atoms with Gasteiger partial charge in [0.1, 0.15) is 17.5 Å². The molecule has 0 saturated heterocycles. The van der Waals surface area contributed by atoms with Gasteiger partial charge in [-0.25, -0.2) is 13.6 Å². The highest BCUT2D eigenvalue weighted by Gasteiger charge is 2.54. The number of ether oxygens (including phenoxy) is 2. The van der Waals surface area contributed by atoms with Crippen molar-refractivity contribution in [1.82, 2.24) is 5.32 Å². The third-order valence-corrected chi connectivity index (χ3v) is 6.00. The van der Waals surface area contributed by atoms with Crippen LogP contribution in [0.5, 0.6) is 23.0 Å². The normalized spacial score (nSPS) is 15.2. The predicted molar refractivity (Wildman–Crippen MR) is 116 cm³/mol. The number of carbonyl (C=O) groups is 3. The van der Waals surface area contributed by atoms with Gasteiger partial charge >= 0.3 is 11.9 Å². The second kappa shape index (κ2) is 7.92. The van der Waals surface area contributed by atoms with Crippen LogP contribution in [0.4, 0.5) is 8.78 Å². The van der Waals surface area contributed by atoms with E-state index in [2.05, 4.69) is 5.32 Å². The van der Waals surface area contributed by atoms with Crippen molar-refractivity contribution < 1.29 is 48.0 Å². The summed E-state index contributed by atoms with van der Waals surface area (Å²) in [4.78, 5) is 36.6. The van der Waals surface area contributed by atoms with Gasteiger partial charge in [-0.05, 0) is 30.3 Å². The van der Waals surface area contributed by atoms with Gasteiger partial charge in [0.2, 0.25) is 0 Å². The number of phenols is 2. The fourth-order valence-electron chi connectivity index (χ4n) is 4.26. The number of fused-ring (bicyclic) bond motifs is 6. The van der Waals surface area contributed by atoms with E-state index in [0.717, 1.165) is 24.3 Å². The summed E-state index contributed by atoms with van der Waals surface area (Å²) in [7, 11) is 0. The van der Waals surface area contributed by atoms with Crippen LogP contribution in [0.2, 0.25) is 0 Å². The number of carbonyl (C=O) groups excluding carboxylic acids is 2. The molecule has 3 aromatic carbocycles. The number of carboxylic acids is 1. The molecule has 0 bridgehead atoms. The maximum Gasteiger partial charge on any atom is 0.340 e. The summed E-state index contributed by atoms with van der Waals surface area (Å²) in [5, 5.41) is 31.0. The lowest BCUT2D eigenvalue weighted by atomic mass is 9.77. The molecule has 10 nitrogen and oxygen atoms in total. The molecule has 6 N–H and O–H groups in total. The molecule has 0 aromatic heterocycles. The molecule has 5 rings (SSSR count). The van der Waals surface area contributed by atoms with Crippen LogP contribution in [0, 0.1) is 11.6 Å². The molecule has 2 aliphatic rings. The lowest BCUT2D eigenvalue weighted by Crippen LogP contribution is -2.42. The van der Waals surface area contributed by atoms with E-state index in [1.165, 1.54) is 18.2 Å². The van der Waals surface area contributed by atoms with Crippen molar-refractivity contribution in [2.75, 3.05) is 6.54 Å². The zero-order chi connectivity index (χ0) is 25.9. The standard InChI is InChI=1S/C24H16F2N2O8/c25-14-4-12-19(6-17(14)29)35-20-7-18(30)15(26)5-13(20)24(12)11-3-9(1-2-10(11)23(34)36-24)21(31)28-8-16(27)22(32)33/h1-7,16,29-30H,8,27H2,(H,28,31)(H,32,33)/t16-/m1/s1. The first kappa shape index (κ1) is 23.1. The largest absolute Gasteiger partial charge is 0.505 e. The van der Waals surface area contributed by atoms with Crippen LogP contribution in [-0.4, -0.2) is 45.8 Å². The van der Waals surface area contributed by atoms with Crippen LogP contribution in [-0.2, 0) is 15.1 Å². The number of benzene rings is 3. The van der Waals surface area contributed by atoms with Gasteiger partial charge in [0.05, 0.1) is 16.7 Å². The van der Waals surface area contributed by atoms with E-state index in [4.69, 9.17) is 20.3 Å². The molecule has 2 aliphatic heterocycles. The Balaban J connectivity index is 1.72. The van der Waals surface area contributed by atoms with Gasteiger partial charge in [-0.1, -0.05) is 0 Å². The summed E-state index contributed by atoms with van der Waals surface area (Å²) >= 11 is 0. The van der Waals surface area contributed by atoms with E-state index in [9.17, 15) is 33.4 Å². The zero-order valence-electron chi connectivity index (χ0n) is 18.0. The molecule has 0 radical (unpaired) electrons. The molecular weight excluding hydrogens is 482 g/mol. The molecule has 0 saturated carbocycles. The van der Waals surface area contributed by atoms with E-state index in [0.29, 0.717) is 0 Å². The maximum atomic E-state index is 14.5. The van der Waals surface area contributed by atoms with E-state index in [-0.39, 0.29) is 45.9 Å². The summed E-state index contributed by atoms with van der Waals surface area (Å²) in [6.07, 6.45) is 0. The van der Waals surface area contributed by atoms with Crippen LogP contribution >= 0.6 is 0 Å². The van der Waals surface area contributed by atoms with Crippen molar-refractivity contribution in [2.45, 2.75) is 11.6 Å². The highest BCUT2D eigenvalue weighted by molar-refractivity contribution is 6.00. The average molecular weight is 498 g/mol. The number of nitrogens with two attached hydrogens (primary N) is 1. The summed E-state index contributed by atoms with van der Waals surface area (Å²) in [6.45, 7) is -0.389. The minimum Gasteiger partial charge on any atom is -0.505 e. The van der Waals surface area contributed by atoms with Gasteiger partial charge in [0.25, 0.3) is 5.91 Å². The van der Waals surface area contributed by atoms with E-state index >= 15 is 0 Å². The molecule has 12 heteroatoms. The molecule has 1 atom stereocenters. The molecule has 3 aromatic rings. The van der Waals surface area contributed by atoms with E-state index in [1.807, 2.05) is 0 Å². The smallest absolute Gasteiger partial charge is 0.340 e. The second-order valence-corrected chi connectivity index (χ2v) is 8.19. The van der Waals surface area contributed by atoms with Crippen molar-refractivity contribution in [3.05, 3.63) is 81.9 Å². The number of aliphatic carboxylic acids is 1. The molecule has 0 aliphatic carbocycles. The second-order valence-electron chi connectivity index (χ2n) is 8.19. The SMILES string of the molecule is N[C@H](CNC(=O)c1ccc2c(c1)C1(OC2=O)c2cc(F)c(O)cc2Oc2cc(O)c(F)cc21)C(=O)O.